The van der Waals surface area contributed by atoms with E-state index >= 15 is 0 Å². The van der Waals surface area contributed by atoms with Crippen LogP contribution in [-0.2, 0) is 18.6 Å². The minimum absolute atomic E-state index is 0. The second kappa shape index (κ2) is 393. The van der Waals surface area contributed by atoms with Gasteiger partial charge >= 0.3 is 0 Å². The van der Waals surface area contributed by atoms with E-state index in [0.29, 0.717) is 0 Å². The summed E-state index contributed by atoms with van der Waals surface area (Å²) in [7, 11) is 0. The van der Waals surface area contributed by atoms with Gasteiger partial charge in [-0.1, -0.05) is 67.1 Å². The molecule has 25 heavy (non-hydrogen) atoms. The van der Waals surface area contributed by atoms with Crippen LogP contribution in [0.1, 0.15) is 0 Å². The predicted octanol–water partition coefficient (Wildman–Crippen LogP) is 3.98. The Kier molecular flexibility index (Phi) is 2110. The van der Waals surface area contributed by atoms with E-state index in [4.69, 9.17) is 58.9 Å². The van der Waals surface area contributed by atoms with Crippen LogP contribution in [0.3, 0.4) is 0 Å². The Labute approximate surface area is 145 Å². The van der Waals surface area contributed by atoms with Gasteiger partial charge in [0, 0.05) is 18.6 Å². The van der Waals surface area contributed by atoms with Crippen LogP contribution in [0.2, 0.25) is 0 Å². The quantitative estimate of drug-likeness (QED) is 0.246. The van der Waals surface area contributed by atoms with Crippen LogP contribution in [-0.4, -0.2) is 0 Å². The molecule has 0 spiro atoms. The Morgan fingerprint density at radius 3 is 0.160 bits per heavy atom. The minimum Gasteiger partial charge on any atom is -0.154 e. The van der Waals surface area contributed by atoms with Crippen molar-refractivity contribution in [3.8, 4) is 0 Å². The van der Waals surface area contributed by atoms with Crippen LogP contribution in [0.25, 0.3) is 0 Å². The molecule has 0 aliphatic heterocycles. The van der Waals surface area contributed by atoms with Crippen molar-refractivity contribution >= 4 is 0 Å². The van der Waals surface area contributed by atoms with Crippen LogP contribution in [0.15, 0.2) is 0 Å². The van der Waals surface area contributed by atoms with Crippen LogP contribution in [0.4, 0.5) is 0 Å². The molecule has 24 nitrogen and oxygen atoms in total. The molecule has 0 rings (SSSR count). The van der Waals surface area contributed by atoms with Crippen LogP contribution in [0.5, 0.6) is 0 Å². The molecule has 0 aliphatic carbocycles. The summed E-state index contributed by atoms with van der Waals surface area (Å²) in [5, 5.41) is 0. The smallest absolute Gasteiger partial charge is 0 e. The average Bonchev–Trinajstić information content (AvgIpc) is 2.84. The van der Waals surface area contributed by atoms with E-state index in [2.05, 4.69) is 67.1 Å². The van der Waals surface area contributed by atoms with Gasteiger partial charge in [-0.2, -0.15) is 58.9 Å². The molecule has 0 heterocycles. The molecule has 0 bridgehead atoms. The molecule has 0 saturated carbocycles. The van der Waals surface area contributed by atoms with Gasteiger partial charge in [0.25, 0.3) is 0 Å². The summed E-state index contributed by atoms with van der Waals surface area (Å²) < 4.78 is 0. The van der Waals surface area contributed by atoms with Gasteiger partial charge in [-0.15, -0.1) is 0 Å². The summed E-state index contributed by atoms with van der Waals surface area (Å²) >= 11 is 0. The first-order valence-corrected chi connectivity index (χ1v) is 2.45. The summed E-state index contributed by atoms with van der Waals surface area (Å²) in [5.41, 5.74) is 54.0. The molecule has 0 fully saturated rings. The van der Waals surface area contributed by atoms with E-state index in [1.807, 2.05) is 0 Å². The van der Waals surface area contributed by atoms with Crippen molar-refractivity contribution in [2.45, 2.75) is 0 Å². The Hall–Kier alpha value is -4.22. The average molecular weight is 423 g/mol. The Bertz CT molecular complexity index is 73.1. The van der Waals surface area contributed by atoms with Gasteiger partial charge < -0.3 is 0 Å². The van der Waals surface area contributed by atoms with Gasteiger partial charge in [0.15, 0.2) is 0 Å². The standard InChI is InChI=1S/12HNO.V/c12*1-2;/h12*1H;. The normalized spacial score (nSPS) is 1.92. The number of nitrogens with one attached hydrogen (secondary N) is 12. The van der Waals surface area contributed by atoms with Gasteiger partial charge in [0.2, 0.25) is 0 Å². The van der Waals surface area contributed by atoms with E-state index in [0.717, 1.165) is 0 Å². The molecule has 25 heteroatoms. The zero-order valence-corrected chi connectivity index (χ0v) is 12.7. The van der Waals surface area contributed by atoms with Crippen molar-refractivity contribution in [2.24, 2.45) is 0 Å². The van der Waals surface area contributed by atoms with E-state index in [-0.39, 0.29) is 18.6 Å². The Morgan fingerprint density at radius 2 is 0.160 bits per heavy atom. The van der Waals surface area contributed by atoms with Crippen molar-refractivity contribution < 1.29 is 18.6 Å². The zero-order valence-electron chi connectivity index (χ0n) is 11.3. The summed E-state index contributed by atoms with van der Waals surface area (Å²) in [5.74, 6) is 0. The molecule has 0 aromatic carbocycles. The third-order valence-electron chi connectivity index (χ3n) is 0. The first-order chi connectivity index (χ1) is 12.0. The third kappa shape index (κ3) is 352. The van der Waals surface area contributed by atoms with Crippen molar-refractivity contribution in [2.75, 3.05) is 0 Å². The molecule has 12 N–H and O–H groups in total. The zero-order chi connectivity index (χ0) is 24.0. The molecule has 0 aromatic heterocycles. The SMILES string of the molecule is N=O.N=O.N=O.N=O.N=O.N=O.N=O.N=O.N=O.N=O.N=O.N=O.[V]. The molecule has 0 unspecified atom stereocenters. The fourth-order valence-corrected chi connectivity index (χ4v) is 0. The topological polar surface area (TPSA) is 491 Å². The fourth-order valence-electron chi connectivity index (χ4n) is 0. The van der Waals surface area contributed by atoms with E-state index < -0.39 is 0 Å². The van der Waals surface area contributed by atoms with Crippen LogP contribution >= 0.6 is 0 Å². The minimum atomic E-state index is 0. The molecule has 0 aromatic rings. The molecule has 0 amide bonds. The number of hydrogen-bond donors (Lipinski definition) is 12. The molecule has 1 radical (unpaired) electrons. The van der Waals surface area contributed by atoms with Crippen molar-refractivity contribution in [1.82, 2.24) is 0 Å². The van der Waals surface area contributed by atoms with Gasteiger partial charge in [0.1, 0.15) is 0 Å². The maximum absolute atomic E-state index is 7.50. The first-order valence-electron chi connectivity index (χ1n) is 2.45. The summed E-state index contributed by atoms with van der Waals surface area (Å²) in [4.78, 5) is 90.0. The summed E-state index contributed by atoms with van der Waals surface area (Å²) in [6.07, 6.45) is 0. The molecular formula is H12N12O12V. The van der Waals surface area contributed by atoms with Crippen molar-refractivity contribution in [3.63, 3.8) is 0 Å². The largest absolute Gasteiger partial charge is 0.154 e. The first kappa shape index (κ1) is 134. The summed E-state index contributed by atoms with van der Waals surface area (Å²) in [6.45, 7) is 0. The number of rotatable bonds is 0. The predicted molar refractivity (Wildman–Crippen MR) is 73.0 cm³/mol. The van der Waals surface area contributed by atoms with E-state index in [9.17, 15) is 0 Å². The second-order valence-electron chi connectivity index (χ2n) is 0. The van der Waals surface area contributed by atoms with Gasteiger partial charge in [-0.25, -0.2) is 0 Å². The van der Waals surface area contributed by atoms with Crippen molar-refractivity contribution in [1.29, 1.82) is 67.1 Å². The monoisotopic (exact) mass is 423 g/mol. The molecular weight excluding hydrogens is 411 g/mol. The number of hydrogen-bond acceptors (Lipinski definition) is 24. The second-order valence-corrected chi connectivity index (χ2v) is 0. The Morgan fingerprint density at radius 1 is 0.160 bits per heavy atom. The van der Waals surface area contributed by atoms with Gasteiger partial charge in [0.05, 0.1) is 0 Å². The Balaban J connectivity index is -0.00000000569. The maximum atomic E-state index is 7.50. The third-order valence-corrected chi connectivity index (χ3v) is 0. The van der Waals surface area contributed by atoms with Crippen LogP contribution < -0.4 is 0 Å². The molecule has 0 aliphatic rings. The molecule has 0 saturated heterocycles. The van der Waals surface area contributed by atoms with Gasteiger partial charge in [-0.3, -0.25) is 0 Å². The molecule has 149 valence electrons. The molecule has 0 atom stereocenters. The fraction of sp³-hybridized carbons (Fsp3) is 0. The summed E-state index contributed by atoms with van der Waals surface area (Å²) in [6, 6.07) is 0. The van der Waals surface area contributed by atoms with E-state index in [1.54, 1.807) is 0 Å². The van der Waals surface area contributed by atoms with Crippen molar-refractivity contribution in [3.05, 3.63) is 58.9 Å². The van der Waals surface area contributed by atoms with E-state index in [1.165, 1.54) is 0 Å². The maximum Gasteiger partial charge on any atom is 0 e. The van der Waals surface area contributed by atoms with Gasteiger partial charge in [-0.05, 0) is 0 Å². The number of nitroso groups, excluding NO2 is 12. The van der Waals surface area contributed by atoms with Crippen LogP contribution in [0, 0.1) is 126 Å².